The van der Waals surface area contributed by atoms with Gasteiger partial charge in [0, 0.05) is 0 Å². The lowest BCUT2D eigenvalue weighted by Crippen LogP contribution is -2.06. The molecular formula is C12H14O4S. The number of ether oxygens (including phenoxy) is 1. The number of benzene rings is 1. The van der Waals surface area contributed by atoms with Gasteiger partial charge in [0.25, 0.3) is 10.1 Å². The van der Waals surface area contributed by atoms with Crippen molar-refractivity contribution in [2.24, 2.45) is 0 Å². The minimum atomic E-state index is -4.30. The maximum absolute atomic E-state index is 11.2. The molecule has 0 aliphatic heterocycles. The van der Waals surface area contributed by atoms with Gasteiger partial charge in [-0.15, -0.1) is 6.58 Å². The van der Waals surface area contributed by atoms with E-state index in [2.05, 4.69) is 13.2 Å². The normalized spacial score (nSPS) is 10.9. The van der Waals surface area contributed by atoms with E-state index < -0.39 is 10.1 Å². The SMILES string of the molecule is C=CCOc1c(CC=C)cccc1S(=O)(=O)O. The molecule has 0 bridgehead atoms. The van der Waals surface area contributed by atoms with E-state index in [1.807, 2.05) is 0 Å². The summed E-state index contributed by atoms with van der Waals surface area (Å²) >= 11 is 0. The molecule has 92 valence electrons. The van der Waals surface area contributed by atoms with Crippen LogP contribution >= 0.6 is 0 Å². The molecule has 0 fully saturated rings. The molecule has 0 heterocycles. The fraction of sp³-hybridized carbons (Fsp3) is 0.167. The Bertz CT molecular complexity index is 517. The van der Waals surface area contributed by atoms with E-state index in [0.717, 1.165) is 0 Å². The standard InChI is InChI=1S/C12H14O4S/c1-3-6-10-7-5-8-11(17(13,14)15)12(10)16-9-4-2/h3-5,7-8H,1-2,6,9H2,(H,13,14,15). The number of hydrogen-bond acceptors (Lipinski definition) is 3. The van der Waals surface area contributed by atoms with Crippen molar-refractivity contribution in [1.82, 2.24) is 0 Å². The third-order valence-corrected chi connectivity index (χ3v) is 2.93. The first-order valence-corrected chi connectivity index (χ1v) is 6.38. The summed E-state index contributed by atoms with van der Waals surface area (Å²) in [5.74, 6) is 0.148. The average Bonchev–Trinajstić information content (AvgIpc) is 2.26. The molecule has 0 amide bonds. The van der Waals surface area contributed by atoms with Gasteiger partial charge in [-0.25, -0.2) is 0 Å². The highest BCUT2D eigenvalue weighted by Gasteiger charge is 2.18. The van der Waals surface area contributed by atoms with Crippen LogP contribution in [0.15, 0.2) is 48.4 Å². The molecule has 0 unspecified atom stereocenters. The zero-order chi connectivity index (χ0) is 12.9. The molecule has 0 aromatic heterocycles. The van der Waals surface area contributed by atoms with Gasteiger partial charge >= 0.3 is 0 Å². The largest absolute Gasteiger partial charge is 0.488 e. The Morgan fingerprint density at radius 1 is 1.29 bits per heavy atom. The number of rotatable bonds is 6. The summed E-state index contributed by atoms with van der Waals surface area (Å²) in [5.41, 5.74) is 0.650. The summed E-state index contributed by atoms with van der Waals surface area (Å²) in [5, 5.41) is 0. The van der Waals surface area contributed by atoms with Crippen LogP contribution in [0.1, 0.15) is 5.56 Å². The third kappa shape index (κ3) is 3.44. The Labute approximate surface area is 101 Å². The monoisotopic (exact) mass is 254 g/mol. The van der Waals surface area contributed by atoms with E-state index in [4.69, 9.17) is 9.29 Å². The van der Waals surface area contributed by atoms with Crippen LogP contribution in [0, 0.1) is 0 Å². The van der Waals surface area contributed by atoms with E-state index in [0.29, 0.717) is 12.0 Å². The lowest BCUT2D eigenvalue weighted by molar-refractivity contribution is 0.347. The smallest absolute Gasteiger partial charge is 0.298 e. The molecule has 0 spiro atoms. The van der Waals surface area contributed by atoms with Gasteiger partial charge < -0.3 is 4.74 Å². The first kappa shape index (κ1) is 13.5. The van der Waals surface area contributed by atoms with Crippen LogP contribution in [0.25, 0.3) is 0 Å². The van der Waals surface area contributed by atoms with Gasteiger partial charge in [-0.1, -0.05) is 30.9 Å². The van der Waals surface area contributed by atoms with E-state index in [-0.39, 0.29) is 17.3 Å². The average molecular weight is 254 g/mol. The molecule has 0 radical (unpaired) electrons. The van der Waals surface area contributed by atoms with Crippen molar-refractivity contribution in [3.8, 4) is 5.75 Å². The Kier molecular flexibility index (Phi) is 4.48. The zero-order valence-corrected chi connectivity index (χ0v) is 10.1. The minimum absolute atomic E-state index is 0.148. The highest BCUT2D eigenvalue weighted by Crippen LogP contribution is 2.28. The number of hydrogen-bond donors (Lipinski definition) is 1. The summed E-state index contributed by atoms with van der Waals surface area (Å²) < 4.78 is 36.8. The molecule has 1 aromatic carbocycles. The van der Waals surface area contributed by atoms with Gasteiger partial charge in [0.2, 0.25) is 0 Å². The second-order valence-electron chi connectivity index (χ2n) is 3.31. The number of allylic oxidation sites excluding steroid dienone is 1. The van der Waals surface area contributed by atoms with Gasteiger partial charge in [0.15, 0.2) is 0 Å². The Balaban J connectivity index is 3.33. The van der Waals surface area contributed by atoms with E-state index >= 15 is 0 Å². The summed E-state index contributed by atoms with van der Waals surface area (Å²) in [6.07, 6.45) is 3.58. The van der Waals surface area contributed by atoms with Crippen molar-refractivity contribution >= 4 is 10.1 Å². The van der Waals surface area contributed by atoms with Crippen LogP contribution in [0.5, 0.6) is 5.75 Å². The van der Waals surface area contributed by atoms with Crippen LogP contribution in [0.2, 0.25) is 0 Å². The van der Waals surface area contributed by atoms with E-state index in [9.17, 15) is 8.42 Å². The van der Waals surface area contributed by atoms with Crippen LogP contribution in [-0.2, 0) is 16.5 Å². The molecule has 0 atom stereocenters. The lowest BCUT2D eigenvalue weighted by Gasteiger charge is -2.12. The second kappa shape index (κ2) is 5.65. The summed E-state index contributed by atoms with van der Waals surface area (Å²) in [4.78, 5) is -0.237. The summed E-state index contributed by atoms with van der Waals surface area (Å²) in [7, 11) is -4.30. The molecule has 0 aliphatic rings. The first-order valence-electron chi connectivity index (χ1n) is 4.94. The van der Waals surface area contributed by atoms with Crippen molar-refractivity contribution in [3.05, 3.63) is 49.1 Å². The molecule has 17 heavy (non-hydrogen) atoms. The van der Waals surface area contributed by atoms with Crippen molar-refractivity contribution < 1.29 is 17.7 Å². The fourth-order valence-corrected chi connectivity index (χ4v) is 2.06. The summed E-state index contributed by atoms with van der Waals surface area (Å²) in [6.45, 7) is 7.23. The third-order valence-electron chi connectivity index (χ3n) is 2.05. The van der Waals surface area contributed by atoms with Crippen molar-refractivity contribution in [2.75, 3.05) is 6.61 Å². The van der Waals surface area contributed by atoms with Gasteiger partial charge in [0.05, 0.1) is 0 Å². The van der Waals surface area contributed by atoms with Gasteiger partial charge in [-0.2, -0.15) is 8.42 Å². The van der Waals surface area contributed by atoms with Crippen LogP contribution in [-0.4, -0.2) is 19.6 Å². The highest BCUT2D eigenvalue weighted by molar-refractivity contribution is 7.86. The zero-order valence-electron chi connectivity index (χ0n) is 9.30. The molecule has 1 rings (SSSR count). The fourth-order valence-electron chi connectivity index (χ4n) is 1.39. The molecule has 0 saturated heterocycles. The van der Waals surface area contributed by atoms with Crippen molar-refractivity contribution in [1.29, 1.82) is 0 Å². The maximum Gasteiger partial charge on any atom is 0.298 e. The predicted octanol–water partition coefficient (Wildman–Crippen LogP) is 2.23. The number of para-hydroxylation sites is 1. The Hall–Kier alpha value is -1.59. The lowest BCUT2D eigenvalue weighted by atomic mass is 10.1. The first-order chi connectivity index (χ1) is 8.00. The maximum atomic E-state index is 11.2. The summed E-state index contributed by atoms with van der Waals surface area (Å²) in [6, 6.07) is 4.55. The van der Waals surface area contributed by atoms with E-state index in [1.54, 1.807) is 18.2 Å². The topological polar surface area (TPSA) is 63.6 Å². The minimum Gasteiger partial charge on any atom is -0.488 e. The molecule has 0 saturated carbocycles. The molecule has 0 aliphatic carbocycles. The quantitative estimate of drug-likeness (QED) is 0.624. The van der Waals surface area contributed by atoms with Crippen LogP contribution in [0.3, 0.4) is 0 Å². The van der Waals surface area contributed by atoms with Gasteiger partial charge in [-0.05, 0) is 18.1 Å². The molecule has 1 aromatic rings. The van der Waals surface area contributed by atoms with E-state index in [1.165, 1.54) is 12.1 Å². The molecule has 1 N–H and O–H groups in total. The molecular weight excluding hydrogens is 240 g/mol. The van der Waals surface area contributed by atoms with Gasteiger partial charge in [0.1, 0.15) is 17.3 Å². The second-order valence-corrected chi connectivity index (χ2v) is 4.70. The molecule has 4 nitrogen and oxygen atoms in total. The Morgan fingerprint density at radius 2 is 2.00 bits per heavy atom. The van der Waals surface area contributed by atoms with Gasteiger partial charge in [-0.3, -0.25) is 4.55 Å². The molecule has 5 heteroatoms. The van der Waals surface area contributed by atoms with Crippen LogP contribution < -0.4 is 4.74 Å². The van der Waals surface area contributed by atoms with Crippen molar-refractivity contribution in [3.63, 3.8) is 0 Å². The Morgan fingerprint density at radius 3 is 2.53 bits per heavy atom. The van der Waals surface area contributed by atoms with Crippen molar-refractivity contribution in [2.45, 2.75) is 11.3 Å². The van der Waals surface area contributed by atoms with Crippen LogP contribution in [0.4, 0.5) is 0 Å². The predicted molar refractivity (Wildman–Crippen MR) is 65.8 cm³/mol. The highest BCUT2D eigenvalue weighted by atomic mass is 32.2.